The van der Waals surface area contributed by atoms with E-state index in [1.165, 1.54) is 0 Å². The van der Waals surface area contributed by atoms with Crippen molar-refractivity contribution in [3.63, 3.8) is 0 Å². The first-order valence-corrected chi connectivity index (χ1v) is 7.41. The average molecular weight is 297 g/mol. The van der Waals surface area contributed by atoms with E-state index >= 15 is 0 Å². The lowest BCUT2D eigenvalue weighted by atomic mass is 10.2. The second-order valence-electron chi connectivity index (χ2n) is 3.51. The van der Waals surface area contributed by atoms with Crippen LogP contribution < -0.4 is 10.0 Å². The van der Waals surface area contributed by atoms with Gasteiger partial charge in [0, 0.05) is 13.1 Å². The summed E-state index contributed by atoms with van der Waals surface area (Å²) in [5.74, 6) is -0.104. The van der Waals surface area contributed by atoms with Crippen LogP contribution in [0.1, 0.15) is 5.56 Å². The van der Waals surface area contributed by atoms with Crippen molar-refractivity contribution in [1.82, 2.24) is 10.0 Å². The molecule has 0 amide bonds. The molecule has 17 heavy (non-hydrogen) atoms. The van der Waals surface area contributed by atoms with Gasteiger partial charge in [-0.1, -0.05) is 29.3 Å². The topological polar surface area (TPSA) is 58.2 Å². The van der Waals surface area contributed by atoms with E-state index in [4.69, 9.17) is 23.2 Å². The number of benzene rings is 1. The minimum Gasteiger partial charge on any atom is -0.318 e. The highest BCUT2D eigenvalue weighted by Crippen LogP contribution is 2.23. The van der Waals surface area contributed by atoms with E-state index in [1.54, 1.807) is 25.2 Å². The van der Waals surface area contributed by atoms with Crippen molar-refractivity contribution in [2.24, 2.45) is 0 Å². The molecule has 0 aliphatic rings. The van der Waals surface area contributed by atoms with Crippen molar-refractivity contribution < 1.29 is 8.42 Å². The minimum atomic E-state index is -3.33. The molecule has 0 radical (unpaired) electrons. The van der Waals surface area contributed by atoms with E-state index < -0.39 is 10.0 Å². The van der Waals surface area contributed by atoms with E-state index in [9.17, 15) is 8.42 Å². The number of hydrogen-bond donors (Lipinski definition) is 2. The molecule has 1 rings (SSSR count). The molecule has 0 saturated carbocycles. The highest BCUT2D eigenvalue weighted by atomic mass is 35.5. The number of nitrogens with one attached hydrogen (secondary N) is 2. The molecule has 1 aromatic carbocycles. The predicted octanol–water partition coefficient (Wildman–Crippen LogP) is 1.63. The van der Waals surface area contributed by atoms with Crippen molar-refractivity contribution in [2.75, 3.05) is 20.1 Å². The van der Waals surface area contributed by atoms with Gasteiger partial charge in [-0.2, -0.15) is 0 Å². The summed E-state index contributed by atoms with van der Waals surface area (Å²) in [4.78, 5) is 0. The first kappa shape index (κ1) is 14.7. The van der Waals surface area contributed by atoms with E-state index in [0.29, 0.717) is 28.7 Å². The standard InChI is InChI=1S/C10H14Cl2N2O2S/c1-13-4-5-14-17(15,16)7-8-2-3-9(11)10(12)6-8/h2-3,6,13-14H,4-5,7H2,1H3. The lowest BCUT2D eigenvalue weighted by Gasteiger charge is -2.07. The molecular formula is C10H14Cl2N2O2S. The largest absolute Gasteiger partial charge is 0.318 e. The lowest BCUT2D eigenvalue weighted by Crippen LogP contribution is -2.31. The summed E-state index contributed by atoms with van der Waals surface area (Å²) in [5, 5.41) is 3.62. The number of likely N-dealkylation sites (N-methyl/N-ethyl adjacent to an activating group) is 1. The van der Waals surface area contributed by atoms with Crippen LogP contribution in [0.25, 0.3) is 0 Å². The Balaban J connectivity index is 2.66. The highest BCUT2D eigenvalue weighted by Gasteiger charge is 2.11. The molecule has 0 aliphatic heterocycles. The van der Waals surface area contributed by atoms with Crippen LogP contribution in [0.3, 0.4) is 0 Å². The molecule has 0 fully saturated rings. The first-order valence-electron chi connectivity index (χ1n) is 5.00. The van der Waals surface area contributed by atoms with Gasteiger partial charge in [-0.05, 0) is 24.7 Å². The fourth-order valence-corrected chi connectivity index (χ4v) is 2.69. The van der Waals surface area contributed by atoms with Gasteiger partial charge in [0.25, 0.3) is 0 Å². The fourth-order valence-electron chi connectivity index (χ4n) is 1.23. The zero-order valence-corrected chi connectivity index (χ0v) is 11.7. The van der Waals surface area contributed by atoms with Crippen LogP contribution in [-0.4, -0.2) is 28.6 Å². The van der Waals surface area contributed by atoms with Crippen LogP contribution in [0.15, 0.2) is 18.2 Å². The Morgan fingerprint density at radius 3 is 2.47 bits per heavy atom. The predicted molar refractivity (Wildman–Crippen MR) is 71.0 cm³/mol. The van der Waals surface area contributed by atoms with Gasteiger partial charge in [0.2, 0.25) is 10.0 Å². The smallest absolute Gasteiger partial charge is 0.215 e. The summed E-state index contributed by atoms with van der Waals surface area (Å²) in [6, 6.07) is 4.79. The number of hydrogen-bond acceptors (Lipinski definition) is 3. The van der Waals surface area contributed by atoms with Crippen LogP contribution >= 0.6 is 23.2 Å². The molecule has 0 atom stereocenters. The molecular weight excluding hydrogens is 283 g/mol. The third kappa shape index (κ3) is 5.23. The molecule has 0 saturated heterocycles. The molecule has 0 bridgehead atoms. The molecule has 0 spiro atoms. The monoisotopic (exact) mass is 296 g/mol. The van der Waals surface area contributed by atoms with Gasteiger partial charge in [-0.3, -0.25) is 0 Å². The van der Waals surface area contributed by atoms with Crippen molar-refractivity contribution in [3.8, 4) is 0 Å². The fraction of sp³-hybridized carbons (Fsp3) is 0.400. The SMILES string of the molecule is CNCCNS(=O)(=O)Cc1ccc(Cl)c(Cl)c1. The molecule has 2 N–H and O–H groups in total. The summed E-state index contributed by atoms with van der Waals surface area (Å²) >= 11 is 11.6. The Morgan fingerprint density at radius 1 is 1.18 bits per heavy atom. The molecule has 0 aliphatic carbocycles. The third-order valence-corrected chi connectivity index (χ3v) is 4.13. The van der Waals surface area contributed by atoms with Gasteiger partial charge in [-0.25, -0.2) is 13.1 Å². The Labute approximate surface area is 111 Å². The molecule has 7 heteroatoms. The Kier molecular flexibility index (Phi) is 5.69. The molecule has 0 heterocycles. The molecule has 0 aromatic heterocycles. The molecule has 0 unspecified atom stereocenters. The molecule has 1 aromatic rings. The first-order chi connectivity index (χ1) is 7.94. The zero-order valence-electron chi connectivity index (χ0n) is 9.33. The number of rotatable bonds is 6. The lowest BCUT2D eigenvalue weighted by molar-refractivity contribution is 0.578. The summed E-state index contributed by atoms with van der Waals surface area (Å²) in [7, 11) is -1.57. The molecule has 96 valence electrons. The average Bonchev–Trinajstić information content (AvgIpc) is 2.23. The van der Waals surface area contributed by atoms with Crippen LogP contribution in [0.5, 0.6) is 0 Å². The number of sulfonamides is 1. The van der Waals surface area contributed by atoms with Gasteiger partial charge in [-0.15, -0.1) is 0 Å². The maximum atomic E-state index is 11.7. The van der Waals surface area contributed by atoms with Crippen molar-refractivity contribution >= 4 is 33.2 Å². The molecule has 4 nitrogen and oxygen atoms in total. The maximum Gasteiger partial charge on any atom is 0.215 e. The van der Waals surface area contributed by atoms with E-state index in [-0.39, 0.29) is 5.75 Å². The summed E-state index contributed by atoms with van der Waals surface area (Å²) in [5.41, 5.74) is 0.608. The summed E-state index contributed by atoms with van der Waals surface area (Å²) in [6.45, 7) is 0.945. The van der Waals surface area contributed by atoms with Crippen LogP contribution in [0, 0.1) is 0 Å². The van der Waals surface area contributed by atoms with Crippen LogP contribution in [0.4, 0.5) is 0 Å². The maximum absolute atomic E-state index is 11.7. The van der Waals surface area contributed by atoms with Gasteiger partial charge in [0.1, 0.15) is 0 Å². The second-order valence-corrected chi connectivity index (χ2v) is 6.13. The zero-order chi connectivity index (χ0) is 12.9. The normalized spacial score (nSPS) is 11.7. The minimum absolute atomic E-state index is 0.104. The van der Waals surface area contributed by atoms with E-state index in [0.717, 1.165) is 0 Å². The second kappa shape index (κ2) is 6.56. The Morgan fingerprint density at radius 2 is 1.88 bits per heavy atom. The van der Waals surface area contributed by atoms with Crippen molar-refractivity contribution in [2.45, 2.75) is 5.75 Å². The summed E-state index contributed by atoms with van der Waals surface area (Å²) < 4.78 is 25.8. The van der Waals surface area contributed by atoms with Gasteiger partial charge in [0.05, 0.1) is 15.8 Å². The highest BCUT2D eigenvalue weighted by molar-refractivity contribution is 7.88. The van der Waals surface area contributed by atoms with Crippen molar-refractivity contribution in [3.05, 3.63) is 33.8 Å². The quantitative estimate of drug-likeness (QED) is 0.785. The van der Waals surface area contributed by atoms with Crippen LogP contribution in [-0.2, 0) is 15.8 Å². The van der Waals surface area contributed by atoms with Crippen molar-refractivity contribution in [1.29, 1.82) is 0 Å². The van der Waals surface area contributed by atoms with E-state index in [2.05, 4.69) is 10.0 Å². The Hall–Kier alpha value is -0.330. The van der Waals surface area contributed by atoms with E-state index in [1.807, 2.05) is 0 Å². The van der Waals surface area contributed by atoms with Gasteiger partial charge >= 0.3 is 0 Å². The van der Waals surface area contributed by atoms with Gasteiger partial charge < -0.3 is 5.32 Å². The van der Waals surface area contributed by atoms with Gasteiger partial charge in [0.15, 0.2) is 0 Å². The summed E-state index contributed by atoms with van der Waals surface area (Å²) in [6.07, 6.45) is 0. The van der Waals surface area contributed by atoms with Crippen LogP contribution in [0.2, 0.25) is 10.0 Å². The number of halogens is 2. The Bertz CT molecular complexity index is 477. The third-order valence-electron chi connectivity index (χ3n) is 2.04.